The molecule has 1 amide bonds. The maximum Gasteiger partial charge on any atom is 0.253 e. The van der Waals surface area contributed by atoms with Crippen LogP contribution in [0.4, 0.5) is 5.69 Å². The molecule has 1 aromatic heterocycles. The van der Waals surface area contributed by atoms with Gasteiger partial charge >= 0.3 is 0 Å². The third-order valence-corrected chi connectivity index (χ3v) is 4.33. The molecule has 0 saturated heterocycles. The Bertz CT molecular complexity index is 925. The van der Waals surface area contributed by atoms with E-state index in [9.17, 15) is 4.79 Å². The number of aryl methyl sites for hydroxylation is 1. The van der Waals surface area contributed by atoms with Gasteiger partial charge in [0.15, 0.2) is 0 Å². The Balaban J connectivity index is 1.45. The van der Waals surface area contributed by atoms with Gasteiger partial charge in [0.05, 0.1) is 24.9 Å². The van der Waals surface area contributed by atoms with Crippen molar-refractivity contribution in [1.29, 1.82) is 0 Å². The molecule has 2 N–H and O–H groups in total. The van der Waals surface area contributed by atoms with Gasteiger partial charge in [0.2, 0.25) is 0 Å². The molecule has 0 atom stereocenters. The zero-order valence-corrected chi connectivity index (χ0v) is 16.6. The SMILES string of the molecule is COc1ccc(OCCNC(=O)c2cncc(NCc3ccc(C)cc3)c2)cc1. The predicted octanol–water partition coefficient (Wildman–Crippen LogP) is 3.82. The number of nitrogens with zero attached hydrogens (tertiary/aromatic N) is 1. The summed E-state index contributed by atoms with van der Waals surface area (Å²) in [4.78, 5) is 16.5. The molecule has 150 valence electrons. The first-order valence-electron chi connectivity index (χ1n) is 9.43. The van der Waals surface area contributed by atoms with Gasteiger partial charge < -0.3 is 20.1 Å². The van der Waals surface area contributed by atoms with Crippen molar-refractivity contribution in [2.75, 3.05) is 25.6 Å². The van der Waals surface area contributed by atoms with E-state index in [1.165, 1.54) is 11.1 Å². The van der Waals surface area contributed by atoms with Gasteiger partial charge in [0, 0.05) is 18.9 Å². The highest BCUT2D eigenvalue weighted by Gasteiger charge is 2.07. The largest absolute Gasteiger partial charge is 0.497 e. The number of rotatable bonds is 9. The Morgan fingerprint density at radius 3 is 2.45 bits per heavy atom. The third kappa shape index (κ3) is 6.24. The van der Waals surface area contributed by atoms with Crippen LogP contribution in [-0.2, 0) is 6.54 Å². The smallest absolute Gasteiger partial charge is 0.253 e. The lowest BCUT2D eigenvalue weighted by molar-refractivity contribution is 0.0946. The molecule has 0 bridgehead atoms. The first kappa shape index (κ1) is 20.2. The van der Waals surface area contributed by atoms with E-state index in [0.29, 0.717) is 25.3 Å². The highest BCUT2D eigenvalue weighted by molar-refractivity contribution is 5.94. The number of benzene rings is 2. The van der Waals surface area contributed by atoms with Gasteiger partial charge in [-0.3, -0.25) is 9.78 Å². The van der Waals surface area contributed by atoms with Crippen molar-refractivity contribution in [1.82, 2.24) is 10.3 Å². The average Bonchev–Trinajstić information content (AvgIpc) is 2.77. The third-order valence-electron chi connectivity index (χ3n) is 4.33. The van der Waals surface area contributed by atoms with Gasteiger partial charge in [-0.25, -0.2) is 0 Å². The van der Waals surface area contributed by atoms with Crippen LogP contribution < -0.4 is 20.1 Å². The van der Waals surface area contributed by atoms with Crippen LogP contribution in [0.15, 0.2) is 67.0 Å². The quantitative estimate of drug-likeness (QED) is 0.543. The molecule has 0 radical (unpaired) electrons. The number of anilines is 1. The number of hydrogen-bond donors (Lipinski definition) is 2. The van der Waals surface area contributed by atoms with E-state index in [4.69, 9.17) is 9.47 Å². The number of carbonyl (C=O) groups is 1. The molecule has 29 heavy (non-hydrogen) atoms. The Morgan fingerprint density at radius 2 is 1.72 bits per heavy atom. The molecule has 6 heteroatoms. The summed E-state index contributed by atoms with van der Waals surface area (Å²) < 4.78 is 10.7. The molecule has 1 heterocycles. The minimum atomic E-state index is -0.185. The molecule has 0 aliphatic heterocycles. The number of amides is 1. The molecule has 0 saturated carbocycles. The normalized spacial score (nSPS) is 10.3. The summed E-state index contributed by atoms with van der Waals surface area (Å²) in [6.45, 7) is 3.50. The fourth-order valence-electron chi connectivity index (χ4n) is 2.68. The van der Waals surface area contributed by atoms with Crippen LogP contribution in [0.5, 0.6) is 11.5 Å². The van der Waals surface area contributed by atoms with Gasteiger partial charge in [0.1, 0.15) is 18.1 Å². The number of aromatic nitrogens is 1. The molecule has 3 rings (SSSR count). The van der Waals surface area contributed by atoms with Gasteiger partial charge in [-0.1, -0.05) is 29.8 Å². The van der Waals surface area contributed by atoms with E-state index >= 15 is 0 Å². The molecular formula is C23H25N3O3. The fourth-order valence-corrected chi connectivity index (χ4v) is 2.68. The van der Waals surface area contributed by atoms with Crippen LogP contribution in [0, 0.1) is 6.92 Å². The standard InChI is InChI=1S/C23H25N3O3/c1-17-3-5-18(6-4-17)14-26-20-13-19(15-24-16-20)23(27)25-11-12-29-22-9-7-21(28-2)8-10-22/h3-10,13,15-16,26H,11-12,14H2,1-2H3,(H,25,27). The number of pyridine rings is 1. The van der Waals surface area contributed by atoms with E-state index in [2.05, 4.69) is 46.8 Å². The summed E-state index contributed by atoms with van der Waals surface area (Å²) in [5.74, 6) is 1.31. The first-order valence-corrected chi connectivity index (χ1v) is 9.43. The van der Waals surface area contributed by atoms with Crippen LogP contribution in [0.25, 0.3) is 0 Å². The average molecular weight is 391 g/mol. The molecule has 0 unspecified atom stereocenters. The van der Waals surface area contributed by atoms with Crippen molar-refractivity contribution >= 4 is 11.6 Å². The van der Waals surface area contributed by atoms with E-state index in [1.807, 2.05) is 24.3 Å². The Hall–Kier alpha value is -3.54. The van der Waals surface area contributed by atoms with Crippen LogP contribution in [-0.4, -0.2) is 31.2 Å². The summed E-state index contributed by atoms with van der Waals surface area (Å²) in [5.41, 5.74) is 3.70. The summed E-state index contributed by atoms with van der Waals surface area (Å²) in [6.07, 6.45) is 3.26. The molecule has 6 nitrogen and oxygen atoms in total. The molecule has 0 aliphatic carbocycles. The zero-order chi connectivity index (χ0) is 20.5. The number of hydrogen-bond acceptors (Lipinski definition) is 5. The highest BCUT2D eigenvalue weighted by Crippen LogP contribution is 2.16. The van der Waals surface area contributed by atoms with Crippen molar-refractivity contribution in [2.24, 2.45) is 0 Å². The lowest BCUT2D eigenvalue weighted by Gasteiger charge is -2.10. The summed E-state index contributed by atoms with van der Waals surface area (Å²) >= 11 is 0. The molecule has 0 aliphatic rings. The lowest BCUT2D eigenvalue weighted by atomic mass is 10.1. The van der Waals surface area contributed by atoms with Crippen molar-refractivity contribution in [3.05, 3.63) is 83.7 Å². The predicted molar refractivity (Wildman–Crippen MR) is 114 cm³/mol. The van der Waals surface area contributed by atoms with Gasteiger partial charge in [-0.2, -0.15) is 0 Å². The van der Waals surface area contributed by atoms with Gasteiger partial charge in [-0.15, -0.1) is 0 Å². The Kier molecular flexibility index (Phi) is 7.05. The number of ether oxygens (including phenoxy) is 2. The van der Waals surface area contributed by atoms with Crippen molar-refractivity contribution in [3.8, 4) is 11.5 Å². The molecule has 0 fully saturated rings. The molecule has 2 aromatic carbocycles. The van der Waals surface area contributed by atoms with Crippen molar-refractivity contribution in [3.63, 3.8) is 0 Å². The topological polar surface area (TPSA) is 72.5 Å². The fraction of sp³-hybridized carbons (Fsp3) is 0.217. The summed E-state index contributed by atoms with van der Waals surface area (Å²) in [7, 11) is 1.62. The second kappa shape index (κ2) is 10.1. The first-order chi connectivity index (χ1) is 14.1. The number of carbonyl (C=O) groups excluding carboxylic acids is 1. The Labute approximate surface area is 170 Å². The van der Waals surface area contributed by atoms with Crippen molar-refractivity contribution < 1.29 is 14.3 Å². The molecule has 3 aromatic rings. The van der Waals surface area contributed by atoms with Crippen LogP contribution in [0.2, 0.25) is 0 Å². The van der Waals surface area contributed by atoms with Crippen molar-refractivity contribution in [2.45, 2.75) is 13.5 Å². The minimum absolute atomic E-state index is 0.185. The Morgan fingerprint density at radius 1 is 1.00 bits per heavy atom. The summed E-state index contributed by atoms with van der Waals surface area (Å²) in [5, 5.41) is 6.14. The molecular weight excluding hydrogens is 366 g/mol. The van der Waals surface area contributed by atoms with Gasteiger partial charge in [-0.05, 0) is 42.8 Å². The van der Waals surface area contributed by atoms with Gasteiger partial charge in [0.25, 0.3) is 5.91 Å². The lowest BCUT2D eigenvalue weighted by Crippen LogP contribution is -2.28. The highest BCUT2D eigenvalue weighted by atomic mass is 16.5. The second-order valence-corrected chi connectivity index (χ2v) is 6.58. The maximum atomic E-state index is 12.4. The van der Waals surface area contributed by atoms with Crippen LogP contribution in [0.1, 0.15) is 21.5 Å². The van der Waals surface area contributed by atoms with E-state index in [1.54, 1.807) is 25.6 Å². The maximum absolute atomic E-state index is 12.4. The van der Waals surface area contributed by atoms with E-state index in [-0.39, 0.29) is 5.91 Å². The zero-order valence-electron chi connectivity index (χ0n) is 16.6. The summed E-state index contributed by atoms with van der Waals surface area (Å²) in [6, 6.07) is 17.4. The second-order valence-electron chi connectivity index (χ2n) is 6.58. The number of nitrogens with one attached hydrogen (secondary N) is 2. The van der Waals surface area contributed by atoms with E-state index < -0.39 is 0 Å². The monoisotopic (exact) mass is 391 g/mol. The molecule has 0 spiro atoms. The van der Waals surface area contributed by atoms with Crippen LogP contribution >= 0.6 is 0 Å². The van der Waals surface area contributed by atoms with E-state index in [0.717, 1.165) is 17.2 Å². The minimum Gasteiger partial charge on any atom is -0.497 e. The van der Waals surface area contributed by atoms with Crippen LogP contribution in [0.3, 0.4) is 0 Å². The number of methoxy groups -OCH3 is 1.